The highest BCUT2D eigenvalue weighted by molar-refractivity contribution is 6.05. The zero-order valence-electron chi connectivity index (χ0n) is 13.5. The largest absolute Gasteiger partial charge is 0.467 e. The highest BCUT2D eigenvalue weighted by Crippen LogP contribution is 2.17. The maximum absolute atomic E-state index is 12.6. The van der Waals surface area contributed by atoms with Gasteiger partial charge in [-0.3, -0.25) is 9.59 Å². The normalized spacial score (nSPS) is 10.6. The second kappa shape index (κ2) is 8.01. The molecule has 6 heteroatoms. The Morgan fingerprint density at radius 1 is 0.760 bits per heavy atom. The van der Waals surface area contributed by atoms with Gasteiger partial charge in [-0.15, -0.1) is 0 Å². The summed E-state index contributed by atoms with van der Waals surface area (Å²) >= 11 is 0. The van der Waals surface area contributed by atoms with Gasteiger partial charge in [0, 0.05) is 0 Å². The van der Waals surface area contributed by atoms with Gasteiger partial charge in [-0.2, -0.15) is 0 Å². The maximum atomic E-state index is 12.6. The molecule has 3 rings (SSSR count). The molecule has 0 radical (unpaired) electrons. The number of amides is 2. The summed E-state index contributed by atoms with van der Waals surface area (Å²) in [5, 5.41) is 5.48. The fourth-order valence-electron chi connectivity index (χ4n) is 2.45. The minimum atomic E-state index is -0.953. The molecule has 0 fully saturated rings. The summed E-state index contributed by atoms with van der Waals surface area (Å²) < 4.78 is 10.4. The molecule has 0 aliphatic heterocycles. The molecule has 1 aromatic carbocycles. The Hall–Kier alpha value is -3.28. The van der Waals surface area contributed by atoms with Gasteiger partial charge in [-0.05, 0) is 29.8 Å². The van der Waals surface area contributed by atoms with Crippen molar-refractivity contribution < 1.29 is 18.4 Å². The van der Waals surface area contributed by atoms with Gasteiger partial charge < -0.3 is 19.5 Å². The second-order valence-corrected chi connectivity index (χ2v) is 5.44. The van der Waals surface area contributed by atoms with Crippen molar-refractivity contribution in [1.29, 1.82) is 0 Å². The van der Waals surface area contributed by atoms with Crippen molar-refractivity contribution in [3.05, 3.63) is 84.2 Å². The molecule has 0 aliphatic carbocycles. The van der Waals surface area contributed by atoms with Crippen LogP contribution in [0.15, 0.2) is 76.0 Å². The molecule has 2 amide bonds. The van der Waals surface area contributed by atoms with E-state index in [-0.39, 0.29) is 24.9 Å². The monoisotopic (exact) mass is 338 g/mol. The second-order valence-electron chi connectivity index (χ2n) is 5.44. The van der Waals surface area contributed by atoms with E-state index in [1.165, 1.54) is 12.5 Å². The first-order chi connectivity index (χ1) is 12.2. The Balaban J connectivity index is 1.70. The predicted molar refractivity (Wildman–Crippen MR) is 90.3 cm³/mol. The Morgan fingerprint density at radius 3 is 1.72 bits per heavy atom. The first-order valence-electron chi connectivity index (χ1n) is 7.89. The Morgan fingerprint density at radius 2 is 1.28 bits per heavy atom. The molecule has 0 bridgehead atoms. The molecule has 0 atom stereocenters. The molecule has 6 nitrogen and oxygen atoms in total. The lowest BCUT2D eigenvalue weighted by molar-refractivity contribution is -0.131. The van der Waals surface area contributed by atoms with Gasteiger partial charge in [0.1, 0.15) is 17.4 Å². The third kappa shape index (κ3) is 4.38. The summed E-state index contributed by atoms with van der Waals surface area (Å²) in [5.41, 5.74) is 0.622. The molecule has 0 saturated carbocycles. The molecule has 128 valence electrons. The van der Waals surface area contributed by atoms with Gasteiger partial charge in [0.2, 0.25) is 11.8 Å². The molecule has 0 spiro atoms. The molecule has 2 N–H and O–H groups in total. The van der Waals surface area contributed by atoms with Crippen molar-refractivity contribution in [1.82, 2.24) is 10.6 Å². The SMILES string of the molecule is O=C(NCc1ccco1)C(C(=O)NCc1ccco1)c1ccccc1. The van der Waals surface area contributed by atoms with Gasteiger partial charge in [0.25, 0.3) is 0 Å². The summed E-state index contributed by atoms with van der Waals surface area (Å²) in [6, 6.07) is 15.9. The van der Waals surface area contributed by atoms with E-state index in [1.807, 2.05) is 6.07 Å². The quantitative estimate of drug-likeness (QED) is 0.649. The summed E-state index contributed by atoms with van der Waals surface area (Å²) in [7, 11) is 0. The third-order valence-corrected chi connectivity index (χ3v) is 3.69. The fraction of sp³-hybridized carbons (Fsp3) is 0.158. The van der Waals surface area contributed by atoms with Crippen LogP contribution >= 0.6 is 0 Å². The highest BCUT2D eigenvalue weighted by Gasteiger charge is 2.28. The van der Waals surface area contributed by atoms with Gasteiger partial charge >= 0.3 is 0 Å². The summed E-state index contributed by atoms with van der Waals surface area (Å²) in [4.78, 5) is 25.2. The van der Waals surface area contributed by atoms with Crippen LogP contribution in [0.5, 0.6) is 0 Å². The molecule has 0 saturated heterocycles. The number of furan rings is 2. The van der Waals surface area contributed by atoms with Crippen LogP contribution in [-0.4, -0.2) is 11.8 Å². The van der Waals surface area contributed by atoms with Crippen LogP contribution in [0.2, 0.25) is 0 Å². The average molecular weight is 338 g/mol. The highest BCUT2D eigenvalue weighted by atomic mass is 16.3. The maximum Gasteiger partial charge on any atom is 0.237 e. The Labute approximate surface area is 144 Å². The lowest BCUT2D eigenvalue weighted by atomic mass is 9.97. The number of rotatable bonds is 7. The minimum absolute atomic E-state index is 0.223. The van der Waals surface area contributed by atoms with Gasteiger partial charge in [-0.1, -0.05) is 30.3 Å². The van der Waals surface area contributed by atoms with Gasteiger partial charge in [-0.25, -0.2) is 0 Å². The summed E-state index contributed by atoms with van der Waals surface area (Å²) in [5.74, 6) is -0.488. The van der Waals surface area contributed by atoms with Crippen LogP contribution in [0, 0.1) is 0 Å². The minimum Gasteiger partial charge on any atom is -0.467 e. The Bertz CT molecular complexity index is 745. The zero-order chi connectivity index (χ0) is 17.5. The lowest BCUT2D eigenvalue weighted by Gasteiger charge is -2.16. The van der Waals surface area contributed by atoms with Crippen LogP contribution in [0.1, 0.15) is 23.0 Å². The number of hydrogen-bond donors (Lipinski definition) is 2. The van der Waals surface area contributed by atoms with Crippen molar-refractivity contribution in [2.24, 2.45) is 0 Å². The van der Waals surface area contributed by atoms with Crippen LogP contribution in [-0.2, 0) is 22.7 Å². The van der Waals surface area contributed by atoms with Crippen molar-refractivity contribution in [3.8, 4) is 0 Å². The molecule has 2 aromatic heterocycles. The van der Waals surface area contributed by atoms with Crippen molar-refractivity contribution in [2.75, 3.05) is 0 Å². The van der Waals surface area contributed by atoms with E-state index < -0.39 is 5.92 Å². The van der Waals surface area contributed by atoms with E-state index in [0.717, 1.165) is 0 Å². The molecule has 3 aromatic rings. The van der Waals surface area contributed by atoms with E-state index in [1.54, 1.807) is 48.5 Å². The van der Waals surface area contributed by atoms with Gasteiger partial charge in [0.05, 0.1) is 25.6 Å². The number of nitrogens with one attached hydrogen (secondary N) is 2. The van der Waals surface area contributed by atoms with Crippen molar-refractivity contribution in [3.63, 3.8) is 0 Å². The van der Waals surface area contributed by atoms with Gasteiger partial charge in [0.15, 0.2) is 0 Å². The Kier molecular flexibility index (Phi) is 5.31. The number of hydrogen-bond acceptors (Lipinski definition) is 4. The van der Waals surface area contributed by atoms with Crippen LogP contribution in [0.25, 0.3) is 0 Å². The first-order valence-corrected chi connectivity index (χ1v) is 7.89. The summed E-state index contributed by atoms with van der Waals surface area (Å²) in [6.45, 7) is 0.446. The molecular formula is C19H18N2O4. The van der Waals surface area contributed by atoms with Crippen LogP contribution in [0.4, 0.5) is 0 Å². The number of benzene rings is 1. The first kappa shape index (κ1) is 16.6. The van der Waals surface area contributed by atoms with E-state index in [0.29, 0.717) is 17.1 Å². The van der Waals surface area contributed by atoms with Crippen molar-refractivity contribution >= 4 is 11.8 Å². The molecule has 25 heavy (non-hydrogen) atoms. The molecular weight excluding hydrogens is 320 g/mol. The molecule has 2 heterocycles. The van der Waals surface area contributed by atoms with E-state index in [4.69, 9.17) is 8.83 Å². The van der Waals surface area contributed by atoms with E-state index in [2.05, 4.69) is 10.6 Å². The smallest absolute Gasteiger partial charge is 0.237 e. The average Bonchev–Trinajstić information content (AvgIpc) is 3.33. The van der Waals surface area contributed by atoms with E-state index in [9.17, 15) is 9.59 Å². The predicted octanol–water partition coefficient (Wildman–Crippen LogP) is 2.59. The van der Waals surface area contributed by atoms with E-state index >= 15 is 0 Å². The molecule has 0 unspecified atom stereocenters. The topological polar surface area (TPSA) is 84.5 Å². The number of carbonyl (C=O) groups is 2. The van der Waals surface area contributed by atoms with Crippen LogP contribution < -0.4 is 10.6 Å². The third-order valence-electron chi connectivity index (χ3n) is 3.69. The zero-order valence-corrected chi connectivity index (χ0v) is 13.5. The van der Waals surface area contributed by atoms with Crippen molar-refractivity contribution in [2.45, 2.75) is 19.0 Å². The molecule has 0 aliphatic rings. The summed E-state index contributed by atoms with van der Waals surface area (Å²) in [6.07, 6.45) is 3.07. The van der Waals surface area contributed by atoms with Crippen LogP contribution in [0.3, 0.4) is 0 Å². The number of carbonyl (C=O) groups excluding carboxylic acids is 2. The standard InChI is InChI=1S/C19H18N2O4/c22-18(20-12-15-8-4-10-24-15)17(14-6-2-1-3-7-14)19(23)21-13-16-9-5-11-25-16/h1-11,17H,12-13H2,(H,20,22)(H,21,23). The lowest BCUT2D eigenvalue weighted by Crippen LogP contribution is -2.39. The fourth-order valence-corrected chi connectivity index (χ4v) is 2.45.